The van der Waals surface area contributed by atoms with E-state index in [0.717, 1.165) is 0 Å². The average Bonchev–Trinajstić information content (AvgIpc) is 2.66. The fraction of sp³-hybridized carbons (Fsp3) is 0.870. The molecule has 6 heteroatoms. The van der Waals surface area contributed by atoms with Gasteiger partial charge in [-0.2, -0.15) is 0 Å². The maximum Gasteiger partial charge on any atom is 0.309 e. The Balaban J connectivity index is 3.44. The zero-order chi connectivity index (χ0) is 22.9. The maximum absolute atomic E-state index is 13.1. The number of esters is 1. The number of cyclic esters (lactones) is 1. The Kier molecular flexibility index (Phi) is 8.22. The van der Waals surface area contributed by atoms with E-state index >= 15 is 0 Å². The Hall–Kier alpha value is -1.27. The third-order valence-electron chi connectivity index (χ3n) is 7.47. The molecule has 6 nitrogen and oxygen atoms in total. The fourth-order valence-corrected chi connectivity index (χ4v) is 4.48. The van der Waals surface area contributed by atoms with Crippen molar-refractivity contribution in [2.24, 2.45) is 35.5 Å². The Bertz CT molecular complexity index is 623. The van der Waals surface area contributed by atoms with Gasteiger partial charge in [-0.15, -0.1) is 0 Å². The number of hydrogen-bond donors (Lipinski definition) is 2. The van der Waals surface area contributed by atoms with Gasteiger partial charge in [0.25, 0.3) is 0 Å². The van der Waals surface area contributed by atoms with Gasteiger partial charge in [0, 0.05) is 11.8 Å². The Morgan fingerprint density at radius 3 is 1.83 bits per heavy atom. The van der Waals surface area contributed by atoms with Gasteiger partial charge in [0.1, 0.15) is 11.7 Å². The molecule has 1 saturated heterocycles. The molecule has 0 bridgehead atoms. The molecule has 0 aliphatic carbocycles. The summed E-state index contributed by atoms with van der Waals surface area (Å²) in [6.07, 6.45) is -0.454. The highest BCUT2D eigenvalue weighted by Crippen LogP contribution is 2.36. The van der Waals surface area contributed by atoms with E-state index in [4.69, 9.17) is 4.74 Å². The molecule has 0 saturated carbocycles. The van der Waals surface area contributed by atoms with Crippen LogP contribution < -0.4 is 0 Å². The van der Waals surface area contributed by atoms with Crippen LogP contribution in [-0.2, 0) is 19.1 Å². The van der Waals surface area contributed by atoms with Crippen molar-refractivity contribution >= 4 is 17.5 Å². The van der Waals surface area contributed by atoms with Gasteiger partial charge in [-0.3, -0.25) is 14.4 Å². The number of Topliss-reactive ketones (excluding diaryl/α,β-unsaturated/α-hetero) is 2. The molecular formula is C23H40O6. The van der Waals surface area contributed by atoms with E-state index in [2.05, 4.69) is 0 Å². The van der Waals surface area contributed by atoms with Crippen molar-refractivity contribution in [1.29, 1.82) is 0 Å². The number of carbonyl (C=O) groups is 3. The van der Waals surface area contributed by atoms with Crippen LogP contribution in [0, 0.1) is 35.5 Å². The summed E-state index contributed by atoms with van der Waals surface area (Å²) < 4.78 is 5.58. The number of aliphatic hydroxyl groups is 2. The van der Waals surface area contributed by atoms with Crippen molar-refractivity contribution in [1.82, 2.24) is 0 Å². The van der Waals surface area contributed by atoms with Crippen LogP contribution in [0.3, 0.4) is 0 Å². The van der Waals surface area contributed by atoms with E-state index < -0.39 is 46.8 Å². The summed E-state index contributed by atoms with van der Waals surface area (Å²) in [7, 11) is 0. The van der Waals surface area contributed by atoms with Crippen molar-refractivity contribution in [3.05, 3.63) is 0 Å². The second-order valence-corrected chi connectivity index (χ2v) is 9.75. The zero-order valence-electron chi connectivity index (χ0n) is 19.5. The quantitative estimate of drug-likeness (QED) is 0.642. The first-order valence-electron chi connectivity index (χ1n) is 10.8. The summed E-state index contributed by atoms with van der Waals surface area (Å²) in [5.41, 5.74) is -3.37. The van der Waals surface area contributed by atoms with Crippen molar-refractivity contribution < 1.29 is 29.3 Å². The van der Waals surface area contributed by atoms with Gasteiger partial charge in [-0.05, 0) is 44.4 Å². The molecule has 1 heterocycles. The van der Waals surface area contributed by atoms with Crippen LogP contribution in [-0.4, -0.2) is 45.1 Å². The molecule has 9 atom stereocenters. The number of carbonyl (C=O) groups excluding carboxylic acids is 3. The zero-order valence-corrected chi connectivity index (χ0v) is 19.5. The predicted molar refractivity (Wildman–Crippen MR) is 111 cm³/mol. The molecular weight excluding hydrogens is 372 g/mol. The van der Waals surface area contributed by atoms with Crippen molar-refractivity contribution in [3.8, 4) is 0 Å². The van der Waals surface area contributed by atoms with Gasteiger partial charge < -0.3 is 14.9 Å². The van der Waals surface area contributed by atoms with Crippen molar-refractivity contribution in [2.45, 2.75) is 92.5 Å². The van der Waals surface area contributed by atoms with Crippen LogP contribution in [0.15, 0.2) is 0 Å². The summed E-state index contributed by atoms with van der Waals surface area (Å²) in [5.74, 6) is -3.64. The number of ketones is 2. The first kappa shape index (κ1) is 25.8. The molecule has 0 radical (unpaired) electrons. The molecule has 0 amide bonds. The highest BCUT2D eigenvalue weighted by atomic mass is 16.6. The lowest BCUT2D eigenvalue weighted by Crippen LogP contribution is -2.53. The third kappa shape index (κ3) is 5.26. The van der Waals surface area contributed by atoms with Crippen LogP contribution in [0.5, 0.6) is 0 Å². The monoisotopic (exact) mass is 412 g/mol. The Morgan fingerprint density at radius 1 is 0.862 bits per heavy atom. The molecule has 0 aromatic heterocycles. The average molecular weight is 413 g/mol. The van der Waals surface area contributed by atoms with E-state index in [1.165, 1.54) is 13.8 Å². The van der Waals surface area contributed by atoms with Crippen LogP contribution in [0.4, 0.5) is 0 Å². The second kappa shape index (κ2) is 9.25. The highest BCUT2D eigenvalue weighted by Gasteiger charge is 2.47. The molecule has 9 unspecified atom stereocenters. The molecule has 0 spiro atoms. The number of ether oxygens (including phenoxy) is 1. The molecule has 0 aromatic carbocycles. The third-order valence-corrected chi connectivity index (χ3v) is 7.47. The normalized spacial score (nSPS) is 46.2. The van der Waals surface area contributed by atoms with Crippen LogP contribution in [0.1, 0.15) is 75.2 Å². The van der Waals surface area contributed by atoms with E-state index in [1.54, 1.807) is 34.6 Å². The van der Waals surface area contributed by atoms with Gasteiger partial charge in [-0.25, -0.2) is 0 Å². The molecule has 1 rings (SSSR count). The van der Waals surface area contributed by atoms with Gasteiger partial charge in [-0.1, -0.05) is 48.5 Å². The summed E-state index contributed by atoms with van der Waals surface area (Å²) in [6, 6.07) is 0. The first-order chi connectivity index (χ1) is 13.1. The van der Waals surface area contributed by atoms with Crippen molar-refractivity contribution in [2.75, 3.05) is 0 Å². The van der Waals surface area contributed by atoms with E-state index in [1.807, 2.05) is 13.8 Å². The lowest BCUT2D eigenvalue weighted by Gasteiger charge is -2.39. The first-order valence-corrected chi connectivity index (χ1v) is 10.8. The molecule has 0 aromatic rings. The highest BCUT2D eigenvalue weighted by molar-refractivity contribution is 5.91. The molecule has 2 N–H and O–H groups in total. The minimum Gasteiger partial charge on any atom is -0.459 e. The van der Waals surface area contributed by atoms with E-state index in [9.17, 15) is 24.6 Å². The number of hydrogen-bond acceptors (Lipinski definition) is 6. The van der Waals surface area contributed by atoms with E-state index in [0.29, 0.717) is 6.42 Å². The van der Waals surface area contributed by atoms with Crippen LogP contribution in [0.25, 0.3) is 0 Å². The SMILES string of the molecule is CCC1OC(=O)C(C)C(C)C(C)C(=O)C(C)(O)CC(C)C(C)C(C)C(=O)C1(C)O. The minimum atomic E-state index is -1.81. The Morgan fingerprint density at radius 2 is 1.34 bits per heavy atom. The maximum atomic E-state index is 13.1. The predicted octanol–water partition coefficient (Wildman–Crippen LogP) is 3.17. The van der Waals surface area contributed by atoms with Gasteiger partial charge in [0.15, 0.2) is 17.2 Å². The summed E-state index contributed by atoms with van der Waals surface area (Å²) >= 11 is 0. The topological polar surface area (TPSA) is 101 Å². The lowest BCUT2D eigenvalue weighted by molar-refractivity contribution is -0.177. The standard InChI is InChI=1S/C23H40O6/c1-10-18-23(9,28)20(25)15(5)13(3)12(2)11-22(8,27)19(24)16(6)14(4)17(7)21(26)29-18/h12-18,27-28H,10-11H2,1-9H3. The fourth-order valence-electron chi connectivity index (χ4n) is 4.48. The van der Waals surface area contributed by atoms with Gasteiger partial charge in [0.2, 0.25) is 0 Å². The number of rotatable bonds is 1. The van der Waals surface area contributed by atoms with Crippen LogP contribution in [0.2, 0.25) is 0 Å². The van der Waals surface area contributed by atoms with Gasteiger partial charge >= 0.3 is 5.97 Å². The smallest absolute Gasteiger partial charge is 0.309 e. The van der Waals surface area contributed by atoms with Gasteiger partial charge in [0.05, 0.1) is 5.92 Å². The molecule has 1 aliphatic heterocycles. The van der Waals surface area contributed by atoms with E-state index in [-0.39, 0.29) is 30.0 Å². The largest absolute Gasteiger partial charge is 0.459 e. The lowest BCUT2D eigenvalue weighted by atomic mass is 9.70. The van der Waals surface area contributed by atoms with Crippen LogP contribution >= 0.6 is 0 Å². The Labute approximate surface area is 175 Å². The summed E-state index contributed by atoms with van der Waals surface area (Å²) in [6.45, 7) is 15.4. The second-order valence-electron chi connectivity index (χ2n) is 9.75. The summed E-state index contributed by atoms with van der Waals surface area (Å²) in [4.78, 5) is 38.9. The van der Waals surface area contributed by atoms with Crippen molar-refractivity contribution in [3.63, 3.8) is 0 Å². The molecule has 1 fully saturated rings. The molecule has 29 heavy (non-hydrogen) atoms. The molecule has 168 valence electrons. The molecule has 1 aliphatic rings. The minimum absolute atomic E-state index is 0.130. The summed E-state index contributed by atoms with van der Waals surface area (Å²) in [5, 5.41) is 21.9.